The van der Waals surface area contributed by atoms with E-state index in [-0.39, 0.29) is 5.75 Å². The summed E-state index contributed by atoms with van der Waals surface area (Å²) >= 11 is 0. The predicted molar refractivity (Wildman–Crippen MR) is 71.2 cm³/mol. The van der Waals surface area contributed by atoms with Crippen molar-refractivity contribution in [1.29, 1.82) is 0 Å². The van der Waals surface area contributed by atoms with Crippen LogP contribution in [-0.2, 0) is 14.1 Å². The number of nitrogen functional groups attached to an aromatic ring is 1. The van der Waals surface area contributed by atoms with Gasteiger partial charge in [0.15, 0.2) is 0 Å². The summed E-state index contributed by atoms with van der Waals surface area (Å²) in [4.78, 5) is 0. The highest BCUT2D eigenvalue weighted by Crippen LogP contribution is 2.32. The lowest BCUT2D eigenvalue weighted by Crippen LogP contribution is -1.98. The van der Waals surface area contributed by atoms with E-state index < -0.39 is 0 Å². The molecule has 0 aliphatic carbocycles. The van der Waals surface area contributed by atoms with Gasteiger partial charge in [-0.1, -0.05) is 12.1 Å². The predicted octanol–water partition coefficient (Wildman–Crippen LogP) is 1.87. The van der Waals surface area contributed by atoms with Crippen LogP contribution in [-0.4, -0.2) is 19.5 Å². The standard InChI is InChI=1S/C13H14N4O/c1-16-9(10-7-12(14)15-17(10)2)6-8-4-3-5-11(18)13(8)16/h3-7,18H,1-2H3,(H2,14,15). The molecular weight excluding hydrogens is 228 g/mol. The van der Waals surface area contributed by atoms with Crippen molar-refractivity contribution in [3.8, 4) is 17.1 Å². The molecule has 3 rings (SSSR count). The Balaban J connectivity index is 2.34. The van der Waals surface area contributed by atoms with Gasteiger partial charge in [0.2, 0.25) is 0 Å². The number of nitrogens with two attached hydrogens (primary N) is 1. The van der Waals surface area contributed by atoms with Gasteiger partial charge >= 0.3 is 0 Å². The average molecular weight is 242 g/mol. The monoisotopic (exact) mass is 242 g/mol. The van der Waals surface area contributed by atoms with Crippen LogP contribution in [0.5, 0.6) is 5.75 Å². The Morgan fingerprint density at radius 3 is 2.56 bits per heavy atom. The molecule has 92 valence electrons. The van der Waals surface area contributed by atoms with E-state index in [1.54, 1.807) is 10.7 Å². The van der Waals surface area contributed by atoms with E-state index in [0.29, 0.717) is 5.82 Å². The molecule has 5 heteroatoms. The van der Waals surface area contributed by atoms with Gasteiger partial charge in [0.1, 0.15) is 11.6 Å². The number of anilines is 1. The number of phenolic OH excluding ortho intramolecular Hbond substituents is 1. The van der Waals surface area contributed by atoms with Gasteiger partial charge in [-0.05, 0) is 12.1 Å². The Hall–Kier alpha value is -2.43. The summed E-state index contributed by atoms with van der Waals surface area (Å²) in [5, 5.41) is 15.1. The molecule has 0 atom stereocenters. The minimum atomic E-state index is 0.274. The van der Waals surface area contributed by atoms with Gasteiger partial charge in [-0.3, -0.25) is 4.68 Å². The van der Waals surface area contributed by atoms with Crippen LogP contribution in [0.15, 0.2) is 30.3 Å². The second-order valence-corrected chi connectivity index (χ2v) is 4.38. The lowest BCUT2D eigenvalue weighted by molar-refractivity contribution is 0.479. The molecule has 0 unspecified atom stereocenters. The number of hydrogen-bond donors (Lipinski definition) is 2. The van der Waals surface area contributed by atoms with Crippen LogP contribution in [0, 0.1) is 0 Å². The molecule has 2 heterocycles. The molecule has 0 spiro atoms. The highest BCUT2D eigenvalue weighted by Gasteiger charge is 2.14. The van der Waals surface area contributed by atoms with Crippen molar-refractivity contribution in [2.45, 2.75) is 0 Å². The Kier molecular flexibility index (Phi) is 2.10. The van der Waals surface area contributed by atoms with Crippen molar-refractivity contribution in [3.05, 3.63) is 30.3 Å². The minimum absolute atomic E-state index is 0.274. The van der Waals surface area contributed by atoms with Crippen LogP contribution in [0.3, 0.4) is 0 Å². The third-order valence-corrected chi connectivity index (χ3v) is 3.20. The molecule has 0 saturated heterocycles. The highest BCUT2D eigenvalue weighted by molar-refractivity contribution is 5.90. The maximum atomic E-state index is 9.92. The molecule has 5 nitrogen and oxygen atoms in total. The number of hydrogen-bond acceptors (Lipinski definition) is 3. The fourth-order valence-corrected chi connectivity index (χ4v) is 2.37. The maximum Gasteiger partial charge on any atom is 0.146 e. The molecule has 1 aromatic carbocycles. The number of para-hydroxylation sites is 1. The van der Waals surface area contributed by atoms with Crippen LogP contribution in [0.1, 0.15) is 0 Å². The van der Waals surface area contributed by atoms with Gasteiger partial charge in [0.25, 0.3) is 0 Å². The van der Waals surface area contributed by atoms with Gasteiger partial charge in [-0.25, -0.2) is 0 Å². The first-order valence-corrected chi connectivity index (χ1v) is 5.65. The third-order valence-electron chi connectivity index (χ3n) is 3.20. The fraction of sp³-hybridized carbons (Fsp3) is 0.154. The quantitative estimate of drug-likeness (QED) is 0.684. The summed E-state index contributed by atoms with van der Waals surface area (Å²) in [6.45, 7) is 0. The van der Waals surface area contributed by atoms with E-state index in [2.05, 4.69) is 5.10 Å². The number of nitrogens with zero attached hydrogens (tertiary/aromatic N) is 3. The Bertz CT molecular complexity index is 739. The van der Waals surface area contributed by atoms with E-state index in [1.165, 1.54) is 0 Å². The lowest BCUT2D eigenvalue weighted by atomic mass is 10.2. The average Bonchev–Trinajstić information content (AvgIpc) is 2.80. The maximum absolute atomic E-state index is 9.92. The van der Waals surface area contributed by atoms with Gasteiger partial charge in [0.05, 0.1) is 16.9 Å². The summed E-state index contributed by atoms with van der Waals surface area (Å²) in [5.74, 6) is 0.762. The zero-order valence-electron chi connectivity index (χ0n) is 10.3. The molecule has 0 bridgehead atoms. The summed E-state index contributed by atoms with van der Waals surface area (Å²) in [5.41, 5.74) is 8.41. The SMILES string of the molecule is Cn1nc(N)cc1-c1cc2cccc(O)c2n1C. The molecule has 2 aromatic heterocycles. The van der Waals surface area contributed by atoms with Crippen molar-refractivity contribution in [2.75, 3.05) is 5.73 Å². The number of rotatable bonds is 1. The van der Waals surface area contributed by atoms with Gasteiger partial charge < -0.3 is 15.4 Å². The lowest BCUT2D eigenvalue weighted by Gasteiger charge is -2.05. The zero-order valence-corrected chi connectivity index (χ0v) is 10.3. The second-order valence-electron chi connectivity index (χ2n) is 4.38. The highest BCUT2D eigenvalue weighted by atomic mass is 16.3. The van der Waals surface area contributed by atoms with Crippen LogP contribution >= 0.6 is 0 Å². The fourth-order valence-electron chi connectivity index (χ4n) is 2.37. The molecule has 0 radical (unpaired) electrons. The van der Waals surface area contributed by atoms with Gasteiger partial charge in [-0.15, -0.1) is 0 Å². The molecule has 18 heavy (non-hydrogen) atoms. The normalized spacial score (nSPS) is 11.2. The largest absolute Gasteiger partial charge is 0.506 e. The number of benzene rings is 1. The summed E-state index contributed by atoms with van der Waals surface area (Å²) < 4.78 is 3.68. The van der Waals surface area contributed by atoms with Gasteiger partial charge in [0, 0.05) is 25.5 Å². The first-order chi connectivity index (χ1) is 8.58. The zero-order chi connectivity index (χ0) is 12.9. The molecule has 0 amide bonds. The number of phenols is 1. The van der Waals surface area contributed by atoms with Crippen LogP contribution in [0.4, 0.5) is 5.82 Å². The van der Waals surface area contributed by atoms with E-state index in [4.69, 9.17) is 5.73 Å². The number of aromatic hydroxyl groups is 1. The number of aryl methyl sites for hydroxylation is 2. The van der Waals surface area contributed by atoms with Crippen molar-refractivity contribution in [1.82, 2.24) is 14.3 Å². The molecule has 3 aromatic rings. The van der Waals surface area contributed by atoms with E-state index >= 15 is 0 Å². The van der Waals surface area contributed by atoms with E-state index in [9.17, 15) is 5.11 Å². The Labute approximate surface area is 104 Å². The molecule has 0 aliphatic rings. The van der Waals surface area contributed by atoms with Crippen molar-refractivity contribution in [2.24, 2.45) is 14.1 Å². The third kappa shape index (κ3) is 1.37. The van der Waals surface area contributed by atoms with Crippen LogP contribution in [0.25, 0.3) is 22.3 Å². The molecule has 0 aliphatic heterocycles. The van der Waals surface area contributed by atoms with E-state index in [1.807, 2.05) is 42.9 Å². The topological polar surface area (TPSA) is 69.0 Å². The van der Waals surface area contributed by atoms with Crippen LogP contribution in [0.2, 0.25) is 0 Å². The molecule has 0 saturated carbocycles. The minimum Gasteiger partial charge on any atom is -0.506 e. The van der Waals surface area contributed by atoms with Gasteiger partial charge in [-0.2, -0.15) is 5.10 Å². The molecule has 3 N–H and O–H groups in total. The summed E-state index contributed by atoms with van der Waals surface area (Å²) in [6.07, 6.45) is 0. The van der Waals surface area contributed by atoms with Crippen molar-refractivity contribution in [3.63, 3.8) is 0 Å². The van der Waals surface area contributed by atoms with Crippen molar-refractivity contribution < 1.29 is 5.11 Å². The smallest absolute Gasteiger partial charge is 0.146 e. The number of fused-ring (bicyclic) bond motifs is 1. The Morgan fingerprint density at radius 2 is 1.94 bits per heavy atom. The summed E-state index contributed by atoms with van der Waals surface area (Å²) in [7, 11) is 3.77. The Morgan fingerprint density at radius 1 is 1.17 bits per heavy atom. The molecule has 0 fully saturated rings. The first-order valence-electron chi connectivity index (χ1n) is 5.65. The van der Waals surface area contributed by atoms with Crippen LogP contribution < -0.4 is 5.73 Å². The number of aromatic nitrogens is 3. The second kappa shape index (κ2) is 3.53. The van der Waals surface area contributed by atoms with E-state index in [0.717, 1.165) is 22.3 Å². The summed E-state index contributed by atoms with van der Waals surface area (Å²) in [6, 6.07) is 9.33. The van der Waals surface area contributed by atoms with Crippen molar-refractivity contribution >= 4 is 16.7 Å². The first kappa shape index (κ1) is 10.7. The molecular formula is C13H14N4O.